The summed E-state index contributed by atoms with van der Waals surface area (Å²) in [6.45, 7) is 9.13. The molecule has 0 amide bonds. The minimum atomic E-state index is 0.664. The molecule has 0 heterocycles. The summed E-state index contributed by atoms with van der Waals surface area (Å²) < 4.78 is 0. The Kier molecular flexibility index (Phi) is 7.87. The zero-order valence-electron chi connectivity index (χ0n) is 9.76. The molecule has 0 aromatic heterocycles. The van der Waals surface area contributed by atoms with Crippen molar-refractivity contribution in [2.75, 3.05) is 12.0 Å². The number of hydrogen-bond acceptors (Lipinski definition) is 2. The van der Waals surface area contributed by atoms with E-state index in [4.69, 9.17) is 0 Å². The van der Waals surface area contributed by atoms with Gasteiger partial charge in [-0.1, -0.05) is 20.8 Å². The Bertz CT molecular complexity index is 115. The molecular formula is C11H25NS. The number of hydrogen-bond donors (Lipinski definition) is 1. The van der Waals surface area contributed by atoms with Gasteiger partial charge in [-0.15, -0.1) is 0 Å². The van der Waals surface area contributed by atoms with Gasteiger partial charge >= 0.3 is 0 Å². The third-order valence-corrected chi connectivity index (χ3v) is 2.94. The summed E-state index contributed by atoms with van der Waals surface area (Å²) in [4.78, 5) is 0. The van der Waals surface area contributed by atoms with E-state index in [0.717, 1.165) is 5.92 Å². The molecule has 0 fully saturated rings. The van der Waals surface area contributed by atoms with Crippen LogP contribution in [-0.4, -0.2) is 24.1 Å². The van der Waals surface area contributed by atoms with Crippen LogP contribution in [0.4, 0.5) is 0 Å². The van der Waals surface area contributed by atoms with E-state index in [-0.39, 0.29) is 0 Å². The first-order chi connectivity index (χ1) is 6.10. The van der Waals surface area contributed by atoms with Crippen molar-refractivity contribution in [2.24, 2.45) is 5.92 Å². The molecule has 13 heavy (non-hydrogen) atoms. The van der Waals surface area contributed by atoms with E-state index in [1.807, 2.05) is 11.8 Å². The number of nitrogens with one attached hydrogen (secondary N) is 1. The van der Waals surface area contributed by atoms with Crippen LogP contribution in [-0.2, 0) is 0 Å². The predicted octanol–water partition coefficient (Wildman–Crippen LogP) is 3.15. The van der Waals surface area contributed by atoms with E-state index in [9.17, 15) is 0 Å². The first-order valence-corrected chi connectivity index (χ1v) is 6.74. The minimum Gasteiger partial charge on any atom is -0.311 e. The first-order valence-electron chi connectivity index (χ1n) is 5.35. The lowest BCUT2D eigenvalue weighted by Crippen LogP contribution is -2.38. The predicted molar refractivity (Wildman–Crippen MR) is 64.5 cm³/mol. The fourth-order valence-corrected chi connectivity index (χ4v) is 2.40. The van der Waals surface area contributed by atoms with Gasteiger partial charge in [0, 0.05) is 17.8 Å². The van der Waals surface area contributed by atoms with E-state index >= 15 is 0 Å². The van der Waals surface area contributed by atoms with Crippen molar-refractivity contribution >= 4 is 11.8 Å². The van der Waals surface area contributed by atoms with Crippen LogP contribution >= 0.6 is 11.8 Å². The van der Waals surface area contributed by atoms with Gasteiger partial charge in [-0.25, -0.2) is 0 Å². The van der Waals surface area contributed by atoms with Crippen LogP contribution in [0.25, 0.3) is 0 Å². The van der Waals surface area contributed by atoms with Gasteiger partial charge < -0.3 is 5.32 Å². The quantitative estimate of drug-likeness (QED) is 0.682. The second-order valence-electron chi connectivity index (χ2n) is 4.26. The smallest absolute Gasteiger partial charge is 0.0157 e. The molecule has 80 valence electrons. The van der Waals surface area contributed by atoms with Crippen LogP contribution in [0.2, 0.25) is 0 Å². The molecule has 0 aliphatic carbocycles. The van der Waals surface area contributed by atoms with Gasteiger partial charge in [0.15, 0.2) is 0 Å². The lowest BCUT2D eigenvalue weighted by molar-refractivity contribution is 0.399. The lowest BCUT2D eigenvalue weighted by atomic mass is 10.0. The summed E-state index contributed by atoms with van der Waals surface area (Å²) in [5, 5.41) is 3.68. The SMILES string of the molecule is CCC(CSC)NC(C)CC(C)C. The summed E-state index contributed by atoms with van der Waals surface area (Å²) in [7, 11) is 0. The van der Waals surface area contributed by atoms with Crippen LogP contribution < -0.4 is 5.32 Å². The summed E-state index contributed by atoms with van der Waals surface area (Å²) in [6.07, 6.45) is 4.70. The molecule has 0 radical (unpaired) electrons. The van der Waals surface area contributed by atoms with E-state index in [2.05, 4.69) is 39.3 Å². The molecule has 2 unspecified atom stereocenters. The van der Waals surface area contributed by atoms with Crippen LogP contribution in [0.3, 0.4) is 0 Å². The zero-order chi connectivity index (χ0) is 10.3. The van der Waals surface area contributed by atoms with Crippen molar-refractivity contribution in [3.05, 3.63) is 0 Å². The standard InChI is InChI=1S/C11H25NS/c1-6-11(8-13-5)12-10(4)7-9(2)3/h9-12H,6-8H2,1-5H3. The van der Waals surface area contributed by atoms with Gasteiger partial charge in [-0.2, -0.15) is 11.8 Å². The van der Waals surface area contributed by atoms with Gasteiger partial charge in [-0.05, 0) is 31.9 Å². The van der Waals surface area contributed by atoms with Crippen molar-refractivity contribution in [3.63, 3.8) is 0 Å². The second-order valence-corrected chi connectivity index (χ2v) is 5.17. The molecule has 0 aromatic carbocycles. The second kappa shape index (κ2) is 7.69. The Balaban J connectivity index is 3.65. The molecule has 0 saturated heterocycles. The molecule has 0 saturated carbocycles. The van der Waals surface area contributed by atoms with E-state index in [1.165, 1.54) is 18.6 Å². The molecule has 0 aromatic rings. The van der Waals surface area contributed by atoms with E-state index in [0.29, 0.717) is 12.1 Å². The average molecular weight is 203 g/mol. The van der Waals surface area contributed by atoms with Crippen LogP contribution in [0.15, 0.2) is 0 Å². The lowest BCUT2D eigenvalue weighted by Gasteiger charge is -2.22. The fraction of sp³-hybridized carbons (Fsp3) is 1.00. The van der Waals surface area contributed by atoms with Gasteiger partial charge in [-0.3, -0.25) is 0 Å². The van der Waals surface area contributed by atoms with Crippen LogP contribution in [0, 0.1) is 5.92 Å². The number of rotatable bonds is 7. The maximum atomic E-state index is 3.68. The largest absolute Gasteiger partial charge is 0.311 e. The first kappa shape index (κ1) is 13.3. The van der Waals surface area contributed by atoms with Gasteiger partial charge in [0.1, 0.15) is 0 Å². The zero-order valence-corrected chi connectivity index (χ0v) is 10.6. The van der Waals surface area contributed by atoms with Crippen molar-refractivity contribution in [2.45, 2.75) is 52.6 Å². The third-order valence-electron chi connectivity index (χ3n) is 2.21. The molecule has 0 spiro atoms. The average Bonchev–Trinajstić information content (AvgIpc) is 2.02. The topological polar surface area (TPSA) is 12.0 Å². The Morgan fingerprint density at radius 3 is 2.23 bits per heavy atom. The van der Waals surface area contributed by atoms with Crippen LogP contribution in [0.1, 0.15) is 40.5 Å². The van der Waals surface area contributed by atoms with Gasteiger partial charge in [0.2, 0.25) is 0 Å². The molecular weight excluding hydrogens is 178 g/mol. The Labute approximate surface area is 88.1 Å². The molecule has 0 aliphatic rings. The van der Waals surface area contributed by atoms with E-state index < -0.39 is 0 Å². The Hall–Kier alpha value is 0.310. The highest BCUT2D eigenvalue weighted by Crippen LogP contribution is 2.07. The maximum absolute atomic E-state index is 3.68. The monoisotopic (exact) mass is 203 g/mol. The normalized spacial score (nSPS) is 16.2. The fourth-order valence-electron chi connectivity index (χ4n) is 1.66. The van der Waals surface area contributed by atoms with Crippen LogP contribution in [0.5, 0.6) is 0 Å². The summed E-state index contributed by atoms with van der Waals surface area (Å²) in [5.41, 5.74) is 0. The molecule has 0 aliphatic heterocycles. The molecule has 0 bridgehead atoms. The molecule has 2 atom stereocenters. The van der Waals surface area contributed by atoms with Crippen molar-refractivity contribution in [1.82, 2.24) is 5.32 Å². The van der Waals surface area contributed by atoms with Crippen molar-refractivity contribution in [3.8, 4) is 0 Å². The molecule has 1 nitrogen and oxygen atoms in total. The molecule has 1 N–H and O–H groups in total. The highest BCUT2D eigenvalue weighted by Gasteiger charge is 2.10. The summed E-state index contributed by atoms with van der Waals surface area (Å²) >= 11 is 1.93. The van der Waals surface area contributed by atoms with Crippen molar-refractivity contribution < 1.29 is 0 Å². The van der Waals surface area contributed by atoms with Gasteiger partial charge in [0.05, 0.1) is 0 Å². The highest BCUT2D eigenvalue weighted by molar-refractivity contribution is 7.98. The summed E-state index contributed by atoms with van der Waals surface area (Å²) in [5.74, 6) is 2.04. The summed E-state index contributed by atoms with van der Waals surface area (Å²) in [6, 6.07) is 1.36. The Morgan fingerprint density at radius 1 is 1.23 bits per heavy atom. The van der Waals surface area contributed by atoms with Crippen molar-refractivity contribution in [1.29, 1.82) is 0 Å². The van der Waals surface area contributed by atoms with E-state index in [1.54, 1.807) is 0 Å². The minimum absolute atomic E-state index is 0.664. The molecule has 0 rings (SSSR count). The molecule has 2 heteroatoms. The van der Waals surface area contributed by atoms with Gasteiger partial charge in [0.25, 0.3) is 0 Å². The number of thioether (sulfide) groups is 1. The maximum Gasteiger partial charge on any atom is 0.0157 e. The Morgan fingerprint density at radius 2 is 1.85 bits per heavy atom. The highest BCUT2D eigenvalue weighted by atomic mass is 32.2. The third kappa shape index (κ3) is 7.39.